The van der Waals surface area contributed by atoms with Crippen molar-refractivity contribution in [1.82, 2.24) is 15.3 Å². The number of aromatic nitrogens is 2. The number of hydrogen-bond acceptors (Lipinski definition) is 6. The topological polar surface area (TPSA) is 71.5 Å². The van der Waals surface area contributed by atoms with Crippen molar-refractivity contribution in [1.29, 1.82) is 0 Å². The molecule has 0 saturated carbocycles. The predicted octanol–water partition coefficient (Wildman–Crippen LogP) is 3.83. The Morgan fingerprint density at radius 1 is 1.17 bits per heavy atom. The lowest BCUT2D eigenvalue weighted by Gasteiger charge is -2.35. The van der Waals surface area contributed by atoms with Gasteiger partial charge in [0.1, 0.15) is 11.0 Å². The zero-order chi connectivity index (χ0) is 20.4. The molecular weight excluding hydrogens is 410 g/mol. The fourth-order valence-electron chi connectivity index (χ4n) is 3.85. The van der Waals surface area contributed by atoms with E-state index < -0.39 is 0 Å². The first-order valence-electron chi connectivity index (χ1n) is 9.69. The molecule has 9 heteroatoms. The molecule has 1 saturated heterocycles. The fraction of sp³-hybridized carbons (Fsp3) is 0.450. The molecule has 3 heterocycles. The molecule has 0 amide bonds. The molecule has 0 radical (unpaired) electrons. The lowest BCUT2D eigenvalue weighted by molar-refractivity contribution is 0.174. The molecule has 2 aliphatic rings. The van der Waals surface area contributed by atoms with Crippen molar-refractivity contribution in [3.63, 3.8) is 0 Å². The third-order valence-electron chi connectivity index (χ3n) is 4.99. The van der Waals surface area contributed by atoms with Gasteiger partial charge in [-0.1, -0.05) is 31.5 Å². The molecule has 2 aromatic rings. The maximum atomic E-state index is 6.25. The third kappa shape index (κ3) is 5.00. The van der Waals surface area contributed by atoms with Crippen LogP contribution in [0.4, 0.5) is 11.8 Å². The minimum atomic E-state index is 0.259. The Bertz CT molecular complexity index is 902. The van der Waals surface area contributed by atoms with Gasteiger partial charge in [0.15, 0.2) is 16.6 Å². The lowest BCUT2D eigenvalue weighted by atomic mass is 9.92. The molecule has 29 heavy (non-hydrogen) atoms. The second-order valence-corrected chi connectivity index (χ2v) is 8.51. The quantitative estimate of drug-likeness (QED) is 0.556. The number of hydrogen-bond donors (Lipinski definition) is 2. The highest BCUT2D eigenvalue weighted by Crippen LogP contribution is 2.32. The summed E-state index contributed by atoms with van der Waals surface area (Å²) in [6.45, 7) is 7.25. The van der Waals surface area contributed by atoms with Crippen molar-refractivity contribution < 1.29 is 9.47 Å². The van der Waals surface area contributed by atoms with Gasteiger partial charge in [0.25, 0.3) is 0 Å². The first-order valence-corrected chi connectivity index (χ1v) is 10.5. The first-order chi connectivity index (χ1) is 14.0. The maximum absolute atomic E-state index is 6.25. The summed E-state index contributed by atoms with van der Waals surface area (Å²) >= 11 is 11.6. The summed E-state index contributed by atoms with van der Waals surface area (Å²) in [6, 6.07) is 7.60. The van der Waals surface area contributed by atoms with E-state index in [0.717, 1.165) is 36.0 Å². The summed E-state index contributed by atoms with van der Waals surface area (Å²) in [5, 5.41) is 7.01. The van der Waals surface area contributed by atoms with Crippen LogP contribution in [0, 0.1) is 11.8 Å². The van der Waals surface area contributed by atoms with Gasteiger partial charge in [-0.05, 0) is 48.2 Å². The van der Waals surface area contributed by atoms with E-state index in [4.69, 9.17) is 33.3 Å². The fourth-order valence-corrected chi connectivity index (χ4v) is 4.19. The lowest BCUT2D eigenvalue weighted by Crippen LogP contribution is -2.39. The van der Waals surface area contributed by atoms with Crippen LogP contribution in [0.25, 0.3) is 0 Å². The number of benzene rings is 1. The number of piperidine rings is 1. The average molecular weight is 434 g/mol. The van der Waals surface area contributed by atoms with Crippen LogP contribution in [-0.2, 0) is 6.54 Å². The van der Waals surface area contributed by atoms with Gasteiger partial charge in [-0.15, -0.1) is 0 Å². The highest BCUT2D eigenvalue weighted by molar-refractivity contribution is 7.80. The highest BCUT2D eigenvalue weighted by atomic mass is 35.5. The van der Waals surface area contributed by atoms with Crippen LogP contribution in [0.3, 0.4) is 0 Å². The number of nitrogens with one attached hydrogen (secondary N) is 2. The molecule has 1 fully saturated rings. The number of rotatable bonds is 4. The zero-order valence-electron chi connectivity index (χ0n) is 16.4. The van der Waals surface area contributed by atoms with Crippen LogP contribution in [0.2, 0.25) is 5.15 Å². The Morgan fingerprint density at radius 3 is 2.72 bits per heavy atom. The van der Waals surface area contributed by atoms with Crippen LogP contribution >= 0.6 is 23.8 Å². The molecule has 4 rings (SSSR count). The highest BCUT2D eigenvalue weighted by Gasteiger charge is 2.23. The number of fused-ring (bicyclic) bond motifs is 1. The molecule has 7 nitrogen and oxygen atoms in total. The maximum Gasteiger partial charge on any atom is 0.232 e. The summed E-state index contributed by atoms with van der Waals surface area (Å²) in [5.41, 5.74) is 1.03. The summed E-state index contributed by atoms with van der Waals surface area (Å²) in [4.78, 5) is 11.1. The SMILES string of the molecule is CC1CC(C)CN(c2cc(Cl)nc(NC(=S)NCc3ccc4c(c3)OCO4)n2)C1. The van der Waals surface area contributed by atoms with Crippen LogP contribution in [0.15, 0.2) is 24.3 Å². The van der Waals surface area contributed by atoms with Gasteiger partial charge < -0.3 is 25.0 Å². The van der Waals surface area contributed by atoms with E-state index in [9.17, 15) is 0 Å². The van der Waals surface area contributed by atoms with E-state index in [1.807, 2.05) is 18.2 Å². The molecule has 2 atom stereocenters. The average Bonchev–Trinajstić information content (AvgIpc) is 3.13. The molecule has 2 N–H and O–H groups in total. The first kappa shape index (κ1) is 20.0. The van der Waals surface area contributed by atoms with E-state index in [1.54, 1.807) is 6.07 Å². The van der Waals surface area contributed by atoms with Gasteiger partial charge in [0.2, 0.25) is 12.7 Å². The van der Waals surface area contributed by atoms with Gasteiger partial charge >= 0.3 is 0 Å². The van der Waals surface area contributed by atoms with Gasteiger partial charge in [-0.2, -0.15) is 4.98 Å². The summed E-state index contributed by atoms with van der Waals surface area (Å²) in [7, 11) is 0. The minimum Gasteiger partial charge on any atom is -0.454 e. The molecule has 2 unspecified atom stereocenters. The monoisotopic (exact) mass is 433 g/mol. The summed E-state index contributed by atoms with van der Waals surface area (Å²) in [5.74, 6) is 3.96. The Labute approximate surface area is 180 Å². The number of ether oxygens (including phenoxy) is 2. The van der Waals surface area contributed by atoms with Crippen LogP contribution < -0.4 is 25.0 Å². The molecule has 1 aromatic carbocycles. The van der Waals surface area contributed by atoms with Gasteiger partial charge in [-0.25, -0.2) is 4.98 Å². The van der Waals surface area contributed by atoms with E-state index in [0.29, 0.717) is 34.6 Å². The van der Waals surface area contributed by atoms with E-state index in [2.05, 4.69) is 39.3 Å². The standard InChI is InChI=1S/C20H24ClN5O2S/c1-12-5-13(2)10-26(9-12)18-7-17(21)23-19(24-18)25-20(29)22-8-14-3-4-15-16(6-14)28-11-27-15/h3-4,6-7,12-13H,5,8-11H2,1-2H3,(H2,22,23,24,25,29). The smallest absolute Gasteiger partial charge is 0.232 e. The zero-order valence-corrected chi connectivity index (χ0v) is 18.0. The van der Waals surface area contributed by atoms with Crippen molar-refractivity contribution in [2.24, 2.45) is 11.8 Å². The van der Waals surface area contributed by atoms with Crippen molar-refractivity contribution >= 4 is 40.7 Å². The molecule has 0 spiro atoms. The molecule has 0 bridgehead atoms. The van der Waals surface area contributed by atoms with Gasteiger partial charge in [0.05, 0.1) is 0 Å². The molecule has 154 valence electrons. The van der Waals surface area contributed by atoms with Gasteiger partial charge in [0, 0.05) is 25.7 Å². The summed E-state index contributed by atoms with van der Waals surface area (Å²) < 4.78 is 10.7. The van der Waals surface area contributed by atoms with Crippen molar-refractivity contribution in [3.05, 3.63) is 35.0 Å². The summed E-state index contributed by atoms with van der Waals surface area (Å²) in [6.07, 6.45) is 1.23. The Morgan fingerprint density at radius 2 is 1.93 bits per heavy atom. The van der Waals surface area contributed by atoms with E-state index >= 15 is 0 Å². The minimum absolute atomic E-state index is 0.259. The molecular formula is C20H24ClN5O2S. The Kier molecular flexibility index (Phi) is 5.91. The number of halogens is 1. The molecule has 0 aliphatic carbocycles. The number of anilines is 2. The normalized spacial score (nSPS) is 20.4. The Balaban J connectivity index is 1.38. The van der Waals surface area contributed by atoms with Crippen LogP contribution in [0.5, 0.6) is 11.5 Å². The Hall–Kier alpha value is -2.32. The van der Waals surface area contributed by atoms with Crippen LogP contribution in [0.1, 0.15) is 25.8 Å². The third-order valence-corrected chi connectivity index (χ3v) is 5.43. The second-order valence-electron chi connectivity index (χ2n) is 7.72. The van der Waals surface area contributed by atoms with Crippen molar-refractivity contribution in [2.75, 3.05) is 30.1 Å². The molecule has 1 aromatic heterocycles. The van der Waals surface area contributed by atoms with E-state index in [-0.39, 0.29) is 6.79 Å². The molecule has 2 aliphatic heterocycles. The largest absolute Gasteiger partial charge is 0.454 e. The van der Waals surface area contributed by atoms with Crippen LogP contribution in [-0.4, -0.2) is 35.0 Å². The van der Waals surface area contributed by atoms with Crippen molar-refractivity contribution in [3.8, 4) is 11.5 Å². The van der Waals surface area contributed by atoms with Crippen molar-refractivity contribution in [2.45, 2.75) is 26.8 Å². The van der Waals surface area contributed by atoms with E-state index in [1.165, 1.54) is 6.42 Å². The second kappa shape index (κ2) is 8.59. The van der Waals surface area contributed by atoms with Gasteiger partial charge in [-0.3, -0.25) is 0 Å². The predicted molar refractivity (Wildman–Crippen MR) is 118 cm³/mol. The number of nitrogens with zero attached hydrogens (tertiary/aromatic N) is 3. The number of thiocarbonyl (C=S) groups is 1.